The Balaban J connectivity index is 2.38. The fraction of sp³-hybridized carbons (Fsp3) is 0.100. The van der Waals surface area contributed by atoms with E-state index in [1.54, 1.807) is 18.2 Å². The molecule has 0 saturated carbocycles. The average Bonchev–Trinajstić information content (AvgIpc) is 2.88. The van der Waals surface area contributed by atoms with Gasteiger partial charge in [-0.3, -0.25) is 0 Å². The first kappa shape index (κ1) is 11.7. The van der Waals surface area contributed by atoms with Crippen LogP contribution in [-0.2, 0) is 4.74 Å². The molecule has 0 fully saturated rings. The third-order valence-electron chi connectivity index (χ3n) is 2.17. The van der Waals surface area contributed by atoms with Crippen LogP contribution in [0.15, 0.2) is 30.5 Å². The van der Waals surface area contributed by atoms with Gasteiger partial charge in [0.05, 0.1) is 17.8 Å². The van der Waals surface area contributed by atoms with E-state index < -0.39 is 10.9 Å². The van der Waals surface area contributed by atoms with Crippen LogP contribution >= 0.6 is 0 Å². The number of methoxy groups -OCH3 is 1. The Hall–Kier alpha value is -2.77. The number of nitrogens with zero attached hydrogens (tertiary/aromatic N) is 4. The van der Waals surface area contributed by atoms with Gasteiger partial charge in [-0.15, -0.1) is 5.10 Å². The highest BCUT2D eigenvalue weighted by Gasteiger charge is 2.15. The van der Waals surface area contributed by atoms with Gasteiger partial charge < -0.3 is 14.9 Å². The molecule has 8 nitrogen and oxygen atoms in total. The number of hydrogen-bond acceptors (Lipinski definition) is 6. The molecule has 0 spiro atoms. The highest BCUT2D eigenvalue weighted by Crippen LogP contribution is 2.12. The number of carbonyl (C=O) groups excluding carboxylic acids is 1. The molecule has 0 unspecified atom stereocenters. The summed E-state index contributed by atoms with van der Waals surface area (Å²) in [5.41, 5.74) is 0.751. The van der Waals surface area contributed by atoms with Crippen LogP contribution in [0.1, 0.15) is 10.4 Å². The lowest BCUT2D eigenvalue weighted by atomic mass is 10.2. The fourth-order valence-electron chi connectivity index (χ4n) is 1.34. The number of rotatable bonds is 3. The molecule has 1 aromatic heterocycles. The molecule has 1 aromatic carbocycles. The van der Waals surface area contributed by atoms with E-state index in [-0.39, 0.29) is 5.82 Å². The van der Waals surface area contributed by atoms with Crippen molar-refractivity contribution in [3.8, 4) is 5.69 Å². The monoisotopic (exact) mass is 248 g/mol. The molecule has 0 radical (unpaired) electrons. The van der Waals surface area contributed by atoms with Gasteiger partial charge >= 0.3 is 11.8 Å². The second kappa shape index (κ2) is 4.62. The Morgan fingerprint density at radius 2 is 2.28 bits per heavy atom. The van der Waals surface area contributed by atoms with E-state index in [4.69, 9.17) is 0 Å². The zero-order valence-corrected chi connectivity index (χ0v) is 9.31. The topological polar surface area (TPSA) is 100 Å². The van der Waals surface area contributed by atoms with Crippen molar-refractivity contribution >= 4 is 11.8 Å². The highest BCUT2D eigenvalue weighted by atomic mass is 16.6. The maximum atomic E-state index is 11.3. The van der Waals surface area contributed by atoms with Gasteiger partial charge in [-0.05, 0) is 23.1 Å². The third-order valence-corrected chi connectivity index (χ3v) is 2.17. The lowest BCUT2D eigenvalue weighted by Crippen LogP contribution is -2.04. The predicted octanol–water partition coefficient (Wildman–Crippen LogP) is 0.962. The van der Waals surface area contributed by atoms with E-state index in [0.29, 0.717) is 11.3 Å². The molecule has 0 bridgehead atoms. The summed E-state index contributed by atoms with van der Waals surface area (Å²) in [5.74, 6) is -0.864. The van der Waals surface area contributed by atoms with E-state index in [1.807, 2.05) is 0 Å². The van der Waals surface area contributed by atoms with Gasteiger partial charge in [0, 0.05) is 0 Å². The van der Waals surface area contributed by atoms with Crippen LogP contribution in [-0.4, -0.2) is 33.0 Å². The lowest BCUT2D eigenvalue weighted by Gasteiger charge is -2.00. The molecule has 18 heavy (non-hydrogen) atoms. The first-order valence-corrected chi connectivity index (χ1v) is 4.87. The molecule has 0 N–H and O–H groups in total. The molecule has 0 aliphatic carbocycles. The number of esters is 1. The predicted molar refractivity (Wildman–Crippen MR) is 59.4 cm³/mol. The smallest absolute Gasteiger partial charge is 0.410 e. The van der Waals surface area contributed by atoms with Crippen molar-refractivity contribution in [3.63, 3.8) is 0 Å². The summed E-state index contributed by atoms with van der Waals surface area (Å²) < 4.78 is 4.57. The zero-order valence-electron chi connectivity index (χ0n) is 9.31. The largest absolute Gasteiger partial charge is 0.465 e. The maximum absolute atomic E-state index is 11.3. The Morgan fingerprint density at radius 3 is 2.89 bits per heavy atom. The van der Waals surface area contributed by atoms with Crippen LogP contribution in [0.2, 0.25) is 0 Å². The molecule has 0 amide bonds. The van der Waals surface area contributed by atoms with Gasteiger partial charge in [0.1, 0.15) is 5.69 Å². The zero-order chi connectivity index (χ0) is 13.1. The summed E-state index contributed by atoms with van der Waals surface area (Å²) in [6.45, 7) is 0. The Labute approximate surface area is 101 Å². The van der Waals surface area contributed by atoms with Gasteiger partial charge in [0.15, 0.2) is 6.20 Å². The van der Waals surface area contributed by atoms with Gasteiger partial charge in [0.2, 0.25) is 0 Å². The minimum absolute atomic E-state index is 0.315. The first-order chi connectivity index (χ1) is 8.61. The van der Waals surface area contributed by atoms with Crippen LogP contribution in [0.3, 0.4) is 0 Å². The van der Waals surface area contributed by atoms with Crippen molar-refractivity contribution in [2.75, 3.05) is 7.11 Å². The lowest BCUT2D eigenvalue weighted by molar-refractivity contribution is -0.389. The van der Waals surface area contributed by atoms with Gasteiger partial charge in [-0.1, -0.05) is 10.9 Å². The third kappa shape index (κ3) is 2.17. The fourth-order valence-corrected chi connectivity index (χ4v) is 1.34. The molecule has 2 rings (SSSR count). The van der Waals surface area contributed by atoms with Gasteiger partial charge in [-0.2, -0.15) is 0 Å². The number of ether oxygens (including phenoxy) is 1. The summed E-state index contributed by atoms with van der Waals surface area (Å²) in [6, 6.07) is 6.27. The SMILES string of the molecule is COC(=O)c1cccc(-n2ncc([N+](=O)[O-])n2)c1. The number of aromatic nitrogens is 3. The van der Waals surface area contributed by atoms with Crippen LogP contribution < -0.4 is 0 Å². The maximum Gasteiger partial charge on any atom is 0.410 e. The molecular formula is C10H8N4O4. The Kier molecular flexibility index (Phi) is 3.00. The molecule has 0 aliphatic heterocycles. The van der Waals surface area contributed by atoms with Crippen molar-refractivity contribution < 1.29 is 14.5 Å². The summed E-state index contributed by atoms with van der Waals surface area (Å²) in [4.78, 5) is 22.2. The van der Waals surface area contributed by atoms with Crippen LogP contribution in [0.25, 0.3) is 5.69 Å². The van der Waals surface area contributed by atoms with Crippen molar-refractivity contribution in [3.05, 3.63) is 46.1 Å². The Morgan fingerprint density at radius 1 is 1.50 bits per heavy atom. The van der Waals surface area contributed by atoms with Gasteiger partial charge in [-0.25, -0.2) is 4.79 Å². The summed E-state index contributed by atoms with van der Waals surface area (Å²) in [5, 5.41) is 17.9. The van der Waals surface area contributed by atoms with Crippen molar-refractivity contribution in [2.24, 2.45) is 0 Å². The van der Waals surface area contributed by atoms with E-state index in [0.717, 1.165) is 11.0 Å². The molecule has 8 heteroatoms. The second-order valence-corrected chi connectivity index (χ2v) is 3.29. The standard InChI is InChI=1S/C10H8N4O4/c1-18-10(15)7-3-2-4-8(5-7)13-11-6-9(12-13)14(16)17/h2-6H,1H3. The molecule has 2 aromatic rings. The van der Waals surface area contributed by atoms with Crippen molar-refractivity contribution in [2.45, 2.75) is 0 Å². The average molecular weight is 248 g/mol. The van der Waals surface area contributed by atoms with E-state index in [1.165, 1.54) is 13.2 Å². The molecule has 92 valence electrons. The van der Waals surface area contributed by atoms with E-state index >= 15 is 0 Å². The van der Waals surface area contributed by atoms with E-state index in [2.05, 4.69) is 14.9 Å². The first-order valence-electron chi connectivity index (χ1n) is 4.87. The molecule has 0 saturated heterocycles. The normalized spacial score (nSPS) is 10.1. The van der Waals surface area contributed by atoms with Crippen LogP contribution in [0, 0.1) is 10.1 Å². The quantitative estimate of drug-likeness (QED) is 0.455. The number of nitro groups is 1. The highest BCUT2D eigenvalue weighted by molar-refractivity contribution is 5.89. The molecule has 1 heterocycles. The van der Waals surface area contributed by atoms with Crippen LogP contribution in [0.5, 0.6) is 0 Å². The number of hydrogen-bond donors (Lipinski definition) is 0. The second-order valence-electron chi connectivity index (χ2n) is 3.29. The van der Waals surface area contributed by atoms with Crippen molar-refractivity contribution in [1.29, 1.82) is 0 Å². The summed E-state index contributed by atoms with van der Waals surface area (Å²) in [7, 11) is 1.27. The summed E-state index contributed by atoms with van der Waals surface area (Å²) >= 11 is 0. The number of carbonyl (C=O) groups is 1. The van der Waals surface area contributed by atoms with Crippen LogP contribution in [0.4, 0.5) is 5.82 Å². The van der Waals surface area contributed by atoms with Gasteiger partial charge in [0.25, 0.3) is 0 Å². The minimum atomic E-state index is -0.645. The molecular weight excluding hydrogens is 240 g/mol. The molecule has 0 aliphatic rings. The number of benzene rings is 1. The minimum Gasteiger partial charge on any atom is -0.465 e. The van der Waals surface area contributed by atoms with Crippen molar-refractivity contribution in [1.82, 2.24) is 15.0 Å². The summed E-state index contributed by atoms with van der Waals surface area (Å²) in [6.07, 6.45) is 1.03. The molecule has 0 atom stereocenters. The van der Waals surface area contributed by atoms with E-state index in [9.17, 15) is 14.9 Å². The Bertz CT molecular complexity index is 607.